The summed E-state index contributed by atoms with van der Waals surface area (Å²) in [6, 6.07) is 16.5. The summed E-state index contributed by atoms with van der Waals surface area (Å²) in [5, 5.41) is 0. The molecule has 29 heavy (non-hydrogen) atoms. The Morgan fingerprint density at radius 3 is 2.52 bits per heavy atom. The number of allylic oxidation sites excluding steroid dienone is 7. The van der Waals surface area contributed by atoms with Crippen LogP contribution in [0.5, 0.6) is 0 Å². The van der Waals surface area contributed by atoms with Crippen LogP contribution in [0.25, 0.3) is 11.6 Å². The van der Waals surface area contributed by atoms with Crippen LogP contribution in [-0.4, -0.2) is 11.9 Å². The zero-order valence-electron chi connectivity index (χ0n) is 17.5. The van der Waals surface area contributed by atoms with E-state index < -0.39 is 0 Å². The van der Waals surface area contributed by atoms with Gasteiger partial charge in [-0.1, -0.05) is 72.8 Å². The van der Waals surface area contributed by atoms with Crippen LogP contribution in [-0.2, 0) is 0 Å². The monoisotopic (exact) mass is 380 g/mol. The van der Waals surface area contributed by atoms with E-state index in [2.05, 4.69) is 61.6 Å². The molecule has 0 amide bonds. The second-order valence-electron chi connectivity index (χ2n) is 6.92. The van der Waals surface area contributed by atoms with Gasteiger partial charge in [-0.05, 0) is 62.5 Å². The molecular weight excluding hydrogens is 352 g/mol. The van der Waals surface area contributed by atoms with Gasteiger partial charge < -0.3 is 0 Å². The fraction of sp³-hybridized carbons (Fsp3) is 0.185. The molecule has 0 bridgehead atoms. The number of aliphatic imine (C=N–C) groups is 2. The van der Waals surface area contributed by atoms with Gasteiger partial charge in [-0.2, -0.15) is 0 Å². The minimum absolute atomic E-state index is 0.891. The lowest BCUT2D eigenvalue weighted by molar-refractivity contribution is 0.995. The van der Waals surface area contributed by atoms with Crippen LogP contribution >= 0.6 is 0 Å². The first-order chi connectivity index (χ1) is 14.2. The van der Waals surface area contributed by atoms with Crippen LogP contribution in [0, 0.1) is 0 Å². The summed E-state index contributed by atoms with van der Waals surface area (Å²) in [7, 11) is 0. The summed E-state index contributed by atoms with van der Waals surface area (Å²) in [6.07, 6.45) is 16.9. The van der Waals surface area contributed by atoms with Gasteiger partial charge in [0.05, 0.1) is 11.4 Å². The Bertz CT molecular complexity index is 1020. The highest BCUT2D eigenvalue weighted by molar-refractivity contribution is 6.00. The van der Waals surface area contributed by atoms with Gasteiger partial charge in [-0.25, -0.2) is 0 Å². The number of rotatable bonds is 6. The van der Waals surface area contributed by atoms with Crippen LogP contribution in [0.4, 0.5) is 11.4 Å². The summed E-state index contributed by atoms with van der Waals surface area (Å²) in [5.74, 6) is 0. The summed E-state index contributed by atoms with van der Waals surface area (Å²) in [4.78, 5) is 9.57. The molecule has 0 aliphatic heterocycles. The second-order valence-corrected chi connectivity index (χ2v) is 6.92. The van der Waals surface area contributed by atoms with E-state index in [0.29, 0.717) is 0 Å². The molecule has 2 heteroatoms. The molecule has 0 radical (unpaired) electrons. The predicted octanol–water partition coefficient (Wildman–Crippen LogP) is 7.89. The van der Waals surface area contributed by atoms with Crippen LogP contribution in [0.3, 0.4) is 0 Å². The molecule has 0 saturated carbocycles. The lowest BCUT2D eigenvalue weighted by Gasteiger charge is -2.16. The Kier molecular flexibility index (Phi) is 7.29. The van der Waals surface area contributed by atoms with Crippen molar-refractivity contribution >= 4 is 35.0 Å². The van der Waals surface area contributed by atoms with Gasteiger partial charge in [0.25, 0.3) is 0 Å². The van der Waals surface area contributed by atoms with E-state index in [1.165, 1.54) is 11.1 Å². The van der Waals surface area contributed by atoms with Gasteiger partial charge in [-0.15, -0.1) is 0 Å². The second kappa shape index (κ2) is 10.3. The molecule has 1 aliphatic carbocycles. The Hall–Kier alpha value is -3.26. The number of benzene rings is 2. The number of para-hydroxylation sites is 1. The normalized spacial score (nSPS) is 15.3. The largest absolute Gasteiger partial charge is 0.259 e. The predicted molar refractivity (Wildman–Crippen MR) is 129 cm³/mol. The molecule has 0 heterocycles. The fourth-order valence-electron chi connectivity index (χ4n) is 3.45. The van der Waals surface area contributed by atoms with Crippen LogP contribution in [0.15, 0.2) is 94.5 Å². The average molecular weight is 381 g/mol. The van der Waals surface area contributed by atoms with E-state index in [1.54, 1.807) is 0 Å². The highest BCUT2D eigenvalue weighted by Crippen LogP contribution is 2.40. The van der Waals surface area contributed by atoms with Gasteiger partial charge in [0.2, 0.25) is 0 Å². The van der Waals surface area contributed by atoms with Gasteiger partial charge in [0, 0.05) is 17.5 Å². The molecule has 0 saturated heterocycles. The third kappa shape index (κ3) is 5.39. The summed E-state index contributed by atoms with van der Waals surface area (Å²) >= 11 is 0. The maximum absolute atomic E-state index is 4.87. The average Bonchev–Trinajstić information content (AvgIpc) is 2.76. The standard InChI is InChI=1S/C27H28N2/c1-4-24(23-15-10-7-11-16-23)25-17-12-18-26(27(25)28-5-2)29-21(3)19-20-22-13-8-6-9-14-22/h4-10,12-15,17-20H,11,16H2,1-3H3/b20-19+,24-4-,28-5?,29-21?. The first kappa shape index (κ1) is 20.5. The van der Waals surface area contributed by atoms with Gasteiger partial charge >= 0.3 is 0 Å². The van der Waals surface area contributed by atoms with Crippen molar-refractivity contribution in [2.45, 2.75) is 33.6 Å². The number of hydrogen-bond donors (Lipinski definition) is 0. The summed E-state index contributed by atoms with van der Waals surface area (Å²) in [6.45, 7) is 6.07. The molecule has 0 fully saturated rings. The molecule has 0 unspecified atom stereocenters. The fourth-order valence-corrected chi connectivity index (χ4v) is 3.45. The number of hydrogen-bond acceptors (Lipinski definition) is 2. The highest BCUT2D eigenvalue weighted by atomic mass is 14.8. The van der Waals surface area contributed by atoms with E-state index in [9.17, 15) is 0 Å². The Morgan fingerprint density at radius 1 is 1.00 bits per heavy atom. The minimum atomic E-state index is 0.891. The quantitative estimate of drug-likeness (QED) is 0.455. The van der Waals surface area contributed by atoms with Crippen LogP contribution < -0.4 is 0 Å². The summed E-state index contributed by atoms with van der Waals surface area (Å²) in [5.41, 5.74) is 7.65. The third-order valence-corrected chi connectivity index (χ3v) is 4.82. The molecule has 146 valence electrons. The molecular formula is C27H28N2. The molecule has 0 aromatic heterocycles. The van der Waals surface area contributed by atoms with Gasteiger partial charge in [0.15, 0.2) is 0 Å². The van der Waals surface area contributed by atoms with Crippen molar-refractivity contribution in [3.05, 3.63) is 95.6 Å². The van der Waals surface area contributed by atoms with Crippen LogP contribution in [0.1, 0.15) is 44.7 Å². The van der Waals surface area contributed by atoms with Crippen molar-refractivity contribution in [1.82, 2.24) is 0 Å². The Morgan fingerprint density at radius 2 is 1.83 bits per heavy atom. The number of nitrogens with zero attached hydrogens (tertiary/aromatic N) is 2. The van der Waals surface area contributed by atoms with E-state index >= 15 is 0 Å². The van der Waals surface area contributed by atoms with Crippen molar-refractivity contribution in [3.8, 4) is 0 Å². The van der Waals surface area contributed by atoms with E-state index in [-0.39, 0.29) is 0 Å². The molecule has 0 atom stereocenters. The SMILES string of the molecule is CC=Nc1c(N=C(C)/C=C/c2ccccc2)cccc1/C(=C\C)C1=CC=CCC1. The van der Waals surface area contributed by atoms with Crippen molar-refractivity contribution in [2.75, 3.05) is 0 Å². The van der Waals surface area contributed by atoms with E-state index in [4.69, 9.17) is 9.98 Å². The van der Waals surface area contributed by atoms with E-state index in [0.717, 1.165) is 41.1 Å². The summed E-state index contributed by atoms with van der Waals surface area (Å²) < 4.78 is 0. The molecule has 0 spiro atoms. The lowest BCUT2D eigenvalue weighted by atomic mass is 9.90. The van der Waals surface area contributed by atoms with E-state index in [1.807, 2.05) is 50.4 Å². The molecule has 0 N–H and O–H groups in total. The zero-order valence-corrected chi connectivity index (χ0v) is 17.5. The minimum Gasteiger partial charge on any atom is -0.259 e. The Balaban J connectivity index is 1.99. The maximum Gasteiger partial charge on any atom is 0.0960 e. The lowest BCUT2D eigenvalue weighted by Crippen LogP contribution is -1.94. The van der Waals surface area contributed by atoms with Crippen molar-refractivity contribution < 1.29 is 0 Å². The van der Waals surface area contributed by atoms with Gasteiger partial charge in [0.1, 0.15) is 0 Å². The van der Waals surface area contributed by atoms with Crippen molar-refractivity contribution in [1.29, 1.82) is 0 Å². The van der Waals surface area contributed by atoms with Crippen LogP contribution in [0.2, 0.25) is 0 Å². The topological polar surface area (TPSA) is 24.7 Å². The molecule has 2 aromatic carbocycles. The smallest absolute Gasteiger partial charge is 0.0960 e. The Labute approximate surface area is 174 Å². The molecule has 2 nitrogen and oxygen atoms in total. The molecule has 3 rings (SSSR count). The first-order valence-corrected chi connectivity index (χ1v) is 10.2. The third-order valence-electron chi connectivity index (χ3n) is 4.82. The molecule has 2 aromatic rings. The first-order valence-electron chi connectivity index (χ1n) is 10.2. The highest BCUT2D eigenvalue weighted by Gasteiger charge is 2.14. The maximum atomic E-state index is 4.87. The van der Waals surface area contributed by atoms with Gasteiger partial charge in [-0.3, -0.25) is 9.98 Å². The molecule has 1 aliphatic rings. The van der Waals surface area contributed by atoms with Crippen molar-refractivity contribution in [2.24, 2.45) is 9.98 Å². The van der Waals surface area contributed by atoms with Crippen molar-refractivity contribution in [3.63, 3.8) is 0 Å². The zero-order chi connectivity index (χ0) is 20.5.